The molecule has 0 aliphatic rings. The lowest BCUT2D eigenvalue weighted by Crippen LogP contribution is -2.56. The maximum Gasteiger partial charge on any atom is 0.439 e. The van der Waals surface area contributed by atoms with E-state index in [0.29, 0.717) is 10.4 Å². The van der Waals surface area contributed by atoms with Gasteiger partial charge in [0.1, 0.15) is 17.0 Å². The van der Waals surface area contributed by atoms with Crippen molar-refractivity contribution in [2.75, 3.05) is 12.1 Å². The first-order valence-electron chi connectivity index (χ1n) is 12.0. The smallest absolute Gasteiger partial charge is 0.439 e. The predicted molar refractivity (Wildman–Crippen MR) is 145 cm³/mol. The third-order valence-corrected chi connectivity index (χ3v) is 5.39. The maximum absolute atomic E-state index is 15.3. The van der Waals surface area contributed by atoms with Gasteiger partial charge in [-0.15, -0.1) is 5.01 Å². The van der Waals surface area contributed by atoms with Gasteiger partial charge in [-0.3, -0.25) is 9.99 Å². The molecule has 3 rings (SSSR count). The average molecular weight is 560 g/mol. The molecule has 1 aromatic heterocycles. The molecule has 9 nitrogen and oxygen atoms in total. The van der Waals surface area contributed by atoms with Crippen LogP contribution in [0.3, 0.4) is 0 Å². The van der Waals surface area contributed by atoms with Crippen LogP contribution in [0.1, 0.15) is 53.1 Å². The molecule has 0 spiro atoms. The number of halogens is 2. The number of imide groups is 1. The number of esters is 1. The fraction of sp³-hybridized carbons (Fsp3) is 0.357. The van der Waals surface area contributed by atoms with Gasteiger partial charge in [-0.25, -0.2) is 18.8 Å². The van der Waals surface area contributed by atoms with E-state index in [4.69, 9.17) is 25.8 Å². The molecule has 2 aromatic carbocycles. The van der Waals surface area contributed by atoms with E-state index in [-0.39, 0.29) is 16.3 Å². The predicted octanol–water partition coefficient (Wildman–Crippen LogP) is 6.84. The molecule has 1 unspecified atom stereocenters. The zero-order chi connectivity index (χ0) is 29.1. The number of ether oxygens (including phenoxy) is 3. The van der Waals surface area contributed by atoms with Crippen LogP contribution in [0.2, 0.25) is 5.02 Å². The molecule has 0 N–H and O–H groups in total. The third kappa shape index (κ3) is 7.35. The molecule has 0 aliphatic heterocycles. The highest BCUT2D eigenvalue weighted by atomic mass is 35.5. The number of methoxy groups -OCH3 is 1. The van der Waals surface area contributed by atoms with Crippen molar-refractivity contribution in [3.63, 3.8) is 0 Å². The van der Waals surface area contributed by atoms with Crippen molar-refractivity contribution in [1.82, 2.24) is 9.99 Å². The Kier molecular flexibility index (Phi) is 8.70. The highest BCUT2D eigenvalue weighted by Gasteiger charge is 2.44. The number of amides is 2. The number of rotatable bonds is 5. The summed E-state index contributed by atoms with van der Waals surface area (Å²) in [5.41, 5.74) is -2.18. The molecule has 1 atom stereocenters. The lowest BCUT2D eigenvalue weighted by Gasteiger charge is -2.40. The summed E-state index contributed by atoms with van der Waals surface area (Å²) in [4.78, 5) is 44.7. The van der Waals surface area contributed by atoms with Gasteiger partial charge in [0.2, 0.25) is 0 Å². The Bertz CT molecular complexity index is 1360. The minimum atomic E-state index is -1.70. The molecule has 3 aromatic rings. The third-order valence-electron chi connectivity index (χ3n) is 5.16. The normalized spacial score (nSPS) is 12.4. The minimum Gasteiger partial charge on any atom is -0.467 e. The standard InChI is InChI=1S/C28H31ClFN3O6/c1-27(2,3)38-25(35)33(26(36)39-28(4,5)6)32(20-10-8-18-16-31-13-12-17(18)14-20)23(24(34)37-7)21-15-19(29)9-11-22(21)30/h8-16,23H,1-7H3. The Morgan fingerprint density at radius 3 is 2.08 bits per heavy atom. The summed E-state index contributed by atoms with van der Waals surface area (Å²) in [5, 5.41) is 3.04. The number of pyridine rings is 1. The van der Waals surface area contributed by atoms with Crippen LogP contribution in [0.5, 0.6) is 0 Å². The van der Waals surface area contributed by atoms with E-state index in [1.165, 1.54) is 12.1 Å². The second kappa shape index (κ2) is 11.4. The van der Waals surface area contributed by atoms with Gasteiger partial charge >= 0.3 is 18.2 Å². The van der Waals surface area contributed by atoms with E-state index in [1.54, 1.807) is 78.2 Å². The second-order valence-electron chi connectivity index (χ2n) is 10.6. The summed E-state index contributed by atoms with van der Waals surface area (Å²) in [6.07, 6.45) is 0.854. The molecule has 0 radical (unpaired) electrons. The molecular formula is C28H31ClFN3O6. The van der Waals surface area contributed by atoms with E-state index in [1.807, 2.05) is 0 Å². The van der Waals surface area contributed by atoms with Crippen molar-refractivity contribution >= 4 is 46.2 Å². The van der Waals surface area contributed by atoms with Crippen LogP contribution >= 0.6 is 11.6 Å². The first-order chi connectivity index (χ1) is 18.1. The summed E-state index contributed by atoms with van der Waals surface area (Å²) >= 11 is 6.18. The van der Waals surface area contributed by atoms with Gasteiger partial charge in [-0.2, -0.15) is 0 Å². The number of benzene rings is 2. The number of fused-ring (bicyclic) bond motifs is 1. The highest BCUT2D eigenvalue weighted by Crippen LogP contribution is 2.36. The van der Waals surface area contributed by atoms with Crippen molar-refractivity contribution in [2.24, 2.45) is 0 Å². The van der Waals surface area contributed by atoms with E-state index in [9.17, 15) is 14.4 Å². The molecule has 11 heteroatoms. The Morgan fingerprint density at radius 1 is 0.897 bits per heavy atom. The Labute approximate surface area is 231 Å². The number of hydrogen-bond acceptors (Lipinski definition) is 8. The summed E-state index contributed by atoms with van der Waals surface area (Å²) in [5.74, 6) is -1.80. The summed E-state index contributed by atoms with van der Waals surface area (Å²) in [6.45, 7) is 9.67. The van der Waals surface area contributed by atoms with Gasteiger partial charge in [0, 0.05) is 28.4 Å². The quantitative estimate of drug-likeness (QED) is 0.190. The number of hydrogen-bond donors (Lipinski definition) is 0. The molecule has 0 fully saturated rings. The van der Waals surface area contributed by atoms with Crippen molar-refractivity contribution in [1.29, 1.82) is 0 Å². The number of carbonyl (C=O) groups excluding carboxylic acids is 3. The van der Waals surface area contributed by atoms with Crippen LogP contribution in [-0.4, -0.2) is 46.5 Å². The van der Waals surface area contributed by atoms with Crippen LogP contribution in [0.4, 0.5) is 19.7 Å². The zero-order valence-corrected chi connectivity index (χ0v) is 23.6. The van der Waals surface area contributed by atoms with Gasteiger partial charge in [0.05, 0.1) is 12.8 Å². The Morgan fingerprint density at radius 2 is 1.51 bits per heavy atom. The van der Waals surface area contributed by atoms with Crippen molar-refractivity contribution < 1.29 is 33.0 Å². The van der Waals surface area contributed by atoms with E-state index in [2.05, 4.69) is 4.98 Å². The zero-order valence-electron chi connectivity index (χ0n) is 22.8. The highest BCUT2D eigenvalue weighted by molar-refractivity contribution is 6.30. The van der Waals surface area contributed by atoms with Gasteiger partial charge in [0.15, 0.2) is 6.04 Å². The molecule has 0 bridgehead atoms. The number of hydrazine groups is 1. The van der Waals surface area contributed by atoms with Gasteiger partial charge in [-0.05, 0) is 83.3 Å². The van der Waals surface area contributed by atoms with Gasteiger partial charge in [0.25, 0.3) is 0 Å². The number of aromatic nitrogens is 1. The van der Waals surface area contributed by atoms with Crippen LogP contribution in [0.25, 0.3) is 10.8 Å². The lowest BCUT2D eigenvalue weighted by molar-refractivity contribution is -0.143. The van der Waals surface area contributed by atoms with Crippen LogP contribution in [0, 0.1) is 5.82 Å². The van der Waals surface area contributed by atoms with Gasteiger partial charge in [-0.1, -0.05) is 17.7 Å². The van der Waals surface area contributed by atoms with Crippen molar-refractivity contribution in [3.8, 4) is 0 Å². The average Bonchev–Trinajstić information content (AvgIpc) is 2.82. The first-order valence-corrected chi connectivity index (χ1v) is 12.4. The molecule has 39 heavy (non-hydrogen) atoms. The fourth-order valence-corrected chi connectivity index (χ4v) is 3.83. The SMILES string of the molecule is COC(=O)C(c1cc(Cl)ccc1F)N(c1ccc2cnccc2c1)N(C(=O)OC(C)(C)C)C(=O)OC(C)(C)C. The van der Waals surface area contributed by atoms with Crippen LogP contribution < -0.4 is 5.01 Å². The topological polar surface area (TPSA) is 98.3 Å². The monoisotopic (exact) mass is 559 g/mol. The maximum atomic E-state index is 15.3. The van der Waals surface area contributed by atoms with E-state index in [0.717, 1.165) is 23.6 Å². The molecule has 0 saturated carbocycles. The Balaban J connectivity index is 2.38. The number of anilines is 1. The first kappa shape index (κ1) is 29.6. The molecule has 0 aliphatic carbocycles. The molecule has 1 heterocycles. The number of nitrogens with zero attached hydrogens (tertiary/aromatic N) is 3. The fourth-order valence-electron chi connectivity index (χ4n) is 3.65. The van der Waals surface area contributed by atoms with E-state index >= 15 is 4.39 Å². The number of carbonyl (C=O) groups is 3. The molecule has 0 saturated heterocycles. The van der Waals surface area contributed by atoms with E-state index < -0.39 is 41.2 Å². The Hall–Kier alpha value is -3.92. The second-order valence-corrected chi connectivity index (χ2v) is 11.1. The molecule has 2 amide bonds. The lowest BCUT2D eigenvalue weighted by atomic mass is 10.0. The summed E-state index contributed by atoms with van der Waals surface area (Å²) in [7, 11) is 1.10. The molecular weight excluding hydrogens is 529 g/mol. The van der Waals surface area contributed by atoms with Crippen LogP contribution in [0.15, 0.2) is 54.9 Å². The van der Waals surface area contributed by atoms with Crippen molar-refractivity contribution in [3.05, 3.63) is 71.3 Å². The minimum absolute atomic E-state index is 0.117. The van der Waals surface area contributed by atoms with Crippen molar-refractivity contribution in [2.45, 2.75) is 58.8 Å². The molecule has 208 valence electrons. The summed E-state index contributed by atoms with van der Waals surface area (Å²) in [6, 6.07) is 8.43. The largest absolute Gasteiger partial charge is 0.467 e. The van der Waals surface area contributed by atoms with Crippen LogP contribution in [-0.2, 0) is 19.0 Å². The van der Waals surface area contributed by atoms with Gasteiger partial charge < -0.3 is 14.2 Å². The summed E-state index contributed by atoms with van der Waals surface area (Å²) < 4.78 is 31.4.